The van der Waals surface area contributed by atoms with E-state index in [0.717, 1.165) is 5.56 Å². The lowest BCUT2D eigenvalue weighted by Gasteiger charge is -2.21. The summed E-state index contributed by atoms with van der Waals surface area (Å²) >= 11 is 14.3. The second kappa shape index (κ2) is 7.94. The molecule has 1 fully saturated rings. The van der Waals surface area contributed by atoms with Crippen LogP contribution in [0.3, 0.4) is 0 Å². The SMILES string of the molecule is CC(c1cc(=O)[nH]c(SC2CCCCC2)n1)c1c(Cl)cccc1Cl. The quantitative estimate of drug-likeness (QED) is 0.694. The van der Waals surface area contributed by atoms with Crippen molar-refractivity contribution in [2.75, 3.05) is 0 Å². The highest BCUT2D eigenvalue weighted by Gasteiger charge is 2.20. The van der Waals surface area contributed by atoms with Crippen molar-refractivity contribution >= 4 is 35.0 Å². The fourth-order valence-electron chi connectivity index (χ4n) is 3.14. The molecule has 0 spiro atoms. The van der Waals surface area contributed by atoms with Gasteiger partial charge in [-0.15, -0.1) is 0 Å². The van der Waals surface area contributed by atoms with E-state index < -0.39 is 0 Å². The summed E-state index contributed by atoms with van der Waals surface area (Å²) in [6, 6.07) is 6.97. The van der Waals surface area contributed by atoms with Gasteiger partial charge in [-0.2, -0.15) is 0 Å². The first-order valence-electron chi connectivity index (χ1n) is 8.26. The average molecular weight is 383 g/mol. The molecule has 1 aliphatic carbocycles. The van der Waals surface area contributed by atoms with E-state index in [2.05, 4.69) is 9.97 Å². The molecule has 3 rings (SSSR count). The van der Waals surface area contributed by atoms with E-state index >= 15 is 0 Å². The van der Waals surface area contributed by atoms with Crippen molar-refractivity contribution < 1.29 is 0 Å². The van der Waals surface area contributed by atoms with Gasteiger partial charge in [0.25, 0.3) is 5.56 Å². The van der Waals surface area contributed by atoms with Gasteiger partial charge in [0.1, 0.15) is 0 Å². The monoisotopic (exact) mass is 382 g/mol. The Bertz CT molecular complexity index is 752. The number of aromatic nitrogens is 2. The topological polar surface area (TPSA) is 45.8 Å². The second-order valence-electron chi connectivity index (χ2n) is 6.21. The highest BCUT2D eigenvalue weighted by atomic mass is 35.5. The maximum Gasteiger partial charge on any atom is 0.251 e. The lowest BCUT2D eigenvalue weighted by Crippen LogP contribution is -2.15. The fourth-order valence-corrected chi connectivity index (χ4v) is 5.07. The van der Waals surface area contributed by atoms with E-state index in [9.17, 15) is 4.79 Å². The van der Waals surface area contributed by atoms with Crippen LogP contribution in [0.15, 0.2) is 34.2 Å². The van der Waals surface area contributed by atoms with Crippen LogP contribution >= 0.6 is 35.0 Å². The van der Waals surface area contributed by atoms with Gasteiger partial charge in [0.05, 0.1) is 5.69 Å². The number of nitrogens with zero attached hydrogens (tertiary/aromatic N) is 1. The second-order valence-corrected chi connectivity index (χ2v) is 8.31. The van der Waals surface area contributed by atoms with Crippen LogP contribution in [0.4, 0.5) is 0 Å². The number of aromatic amines is 1. The Balaban J connectivity index is 1.89. The highest BCUT2D eigenvalue weighted by molar-refractivity contribution is 7.99. The molecule has 6 heteroatoms. The molecule has 1 heterocycles. The summed E-state index contributed by atoms with van der Waals surface area (Å²) in [5, 5.41) is 2.42. The van der Waals surface area contributed by atoms with E-state index in [1.807, 2.05) is 25.1 Å². The zero-order valence-corrected chi connectivity index (χ0v) is 15.8. The minimum atomic E-state index is -0.140. The zero-order valence-electron chi connectivity index (χ0n) is 13.5. The molecule has 1 aromatic heterocycles. The summed E-state index contributed by atoms with van der Waals surface area (Å²) < 4.78 is 0. The molecule has 1 aliphatic rings. The molecule has 1 unspecified atom stereocenters. The third-order valence-electron chi connectivity index (χ3n) is 4.45. The van der Waals surface area contributed by atoms with Gasteiger partial charge in [-0.05, 0) is 30.5 Å². The molecule has 0 saturated heterocycles. The fraction of sp³-hybridized carbons (Fsp3) is 0.444. The molecule has 0 amide bonds. The smallest absolute Gasteiger partial charge is 0.251 e. The molecule has 0 radical (unpaired) electrons. The lowest BCUT2D eigenvalue weighted by atomic mass is 9.97. The van der Waals surface area contributed by atoms with Crippen molar-refractivity contribution in [3.63, 3.8) is 0 Å². The Morgan fingerprint density at radius 3 is 2.54 bits per heavy atom. The average Bonchev–Trinajstić information content (AvgIpc) is 2.55. The number of rotatable bonds is 4. The van der Waals surface area contributed by atoms with Crippen LogP contribution in [0.25, 0.3) is 0 Å². The molecule has 1 aromatic carbocycles. The van der Waals surface area contributed by atoms with Crippen molar-refractivity contribution in [2.45, 2.75) is 55.4 Å². The van der Waals surface area contributed by atoms with Gasteiger partial charge in [-0.3, -0.25) is 4.79 Å². The first kappa shape index (κ1) is 17.8. The highest BCUT2D eigenvalue weighted by Crippen LogP contribution is 2.36. The van der Waals surface area contributed by atoms with E-state index in [0.29, 0.717) is 26.1 Å². The van der Waals surface area contributed by atoms with Crippen LogP contribution in [0, 0.1) is 0 Å². The molecule has 128 valence electrons. The molecule has 0 aliphatic heterocycles. The Morgan fingerprint density at radius 1 is 1.21 bits per heavy atom. The summed E-state index contributed by atoms with van der Waals surface area (Å²) in [4.78, 5) is 19.6. The van der Waals surface area contributed by atoms with Crippen LogP contribution in [-0.4, -0.2) is 15.2 Å². The predicted molar refractivity (Wildman–Crippen MR) is 102 cm³/mol. The molecule has 0 bridgehead atoms. The number of hydrogen-bond acceptors (Lipinski definition) is 3. The van der Waals surface area contributed by atoms with E-state index in [-0.39, 0.29) is 11.5 Å². The molecule has 1 saturated carbocycles. The van der Waals surface area contributed by atoms with Crippen LogP contribution in [0.5, 0.6) is 0 Å². The predicted octanol–water partition coefficient (Wildman–Crippen LogP) is 5.65. The van der Waals surface area contributed by atoms with Gasteiger partial charge in [0, 0.05) is 27.3 Å². The normalized spacial score (nSPS) is 17.0. The third-order valence-corrected chi connectivity index (χ3v) is 6.33. The van der Waals surface area contributed by atoms with E-state index in [1.54, 1.807) is 11.8 Å². The Morgan fingerprint density at radius 2 is 1.88 bits per heavy atom. The van der Waals surface area contributed by atoms with E-state index in [1.165, 1.54) is 38.2 Å². The Hall–Kier alpha value is -0.970. The maximum atomic E-state index is 12.1. The summed E-state index contributed by atoms with van der Waals surface area (Å²) in [5.41, 5.74) is 1.38. The Kier molecular flexibility index (Phi) is 5.90. The first-order chi connectivity index (χ1) is 11.5. The molecule has 1 N–H and O–H groups in total. The molecule has 24 heavy (non-hydrogen) atoms. The van der Waals surface area contributed by atoms with Crippen molar-refractivity contribution in [1.29, 1.82) is 0 Å². The molecule has 2 aromatic rings. The number of hydrogen-bond donors (Lipinski definition) is 1. The third kappa shape index (κ3) is 4.16. The number of benzene rings is 1. The van der Waals surface area contributed by atoms with Crippen molar-refractivity contribution in [1.82, 2.24) is 9.97 Å². The summed E-state index contributed by atoms with van der Waals surface area (Å²) in [6.45, 7) is 1.98. The number of halogens is 2. The molecular weight excluding hydrogens is 363 g/mol. The standard InChI is InChI=1S/C18H20Cl2N2OS/c1-11(17-13(19)8-5-9-14(17)20)15-10-16(23)22-18(21-15)24-12-6-3-2-4-7-12/h5,8-12H,2-4,6-7H2,1H3,(H,21,22,23). The summed E-state index contributed by atoms with van der Waals surface area (Å²) in [5.74, 6) is -0.140. The lowest BCUT2D eigenvalue weighted by molar-refractivity contribution is 0.515. The molecule has 3 nitrogen and oxygen atoms in total. The zero-order chi connectivity index (χ0) is 17.1. The largest absolute Gasteiger partial charge is 0.301 e. The Labute approximate surface area is 156 Å². The van der Waals surface area contributed by atoms with Gasteiger partial charge in [-0.1, -0.05) is 67.2 Å². The minimum absolute atomic E-state index is 0.131. The molecular formula is C18H20Cl2N2OS. The van der Waals surface area contributed by atoms with Crippen LogP contribution < -0.4 is 5.56 Å². The number of nitrogens with one attached hydrogen (secondary N) is 1. The maximum absolute atomic E-state index is 12.1. The van der Waals surface area contributed by atoms with E-state index in [4.69, 9.17) is 23.2 Å². The summed E-state index contributed by atoms with van der Waals surface area (Å²) in [7, 11) is 0. The number of H-pyrrole nitrogens is 1. The minimum Gasteiger partial charge on any atom is -0.301 e. The molecule has 1 atom stereocenters. The summed E-state index contributed by atoms with van der Waals surface area (Å²) in [6.07, 6.45) is 6.19. The van der Waals surface area contributed by atoms with Crippen LogP contribution in [-0.2, 0) is 0 Å². The van der Waals surface area contributed by atoms with Crippen molar-refractivity contribution in [3.05, 3.63) is 55.9 Å². The van der Waals surface area contributed by atoms with Crippen LogP contribution in [0.1, 0.15) is 56.2 Å². The van der Waals surface area contributed by atoms with Gasteiger partial charge < -0.3 is 4.98 Å². The van der Waals surface area contributed by atoms with Gasteiger partial charge in [0.15, 0.2) is 5.16 Å². The number of thioether (sulfide) groups is 1. The first-order valence-corrected chi connectivity index (χ1v) is 9.90. The van der Waals surface area contributed by atoms with Gasteiger partial charge in [0.2, 0.25) is 0 Å². The van der Waals surface area contributed by atoms with Gasteiger partial charge >= 0.3 is 0 Å². The van der Waals surface area contributed by atoms with Crippen LogP contribution in [0.2, 0.25) is 10.0 Å². The van der Waals surface area contributed by atoms with Crippen molar-refractivity contribution in [3.8, 4) is 0 Å². The van der Waals surface area contributed by atoms with Crippen molar-refractivity contribution in [2.24, 2.45) is 0 Å². The van der Waals surface area contributed by atoms with Gasteiger partial charge in [-0.25, -0.2) is 4.98 Å².